The number of benzene rings is 2. The molecule has 2 aromatic carbocycles. The molecule has 0 spiro atoms. The van der Waals surface area contributed by atoms with E-state index in [0.717, 1.165) is 29.7 Å². The second kappa shape index (κ2) is 10.7. The summed E-state index contributed by atoms with van der Waals surface area (Å²) in [7, 11) is 0. The van der Waals surface area contributed by atoms with Gasteiger partial charge in [-0.15, -0.1) is 17.5 Å². The Kier molecular flexibility index (Phi) is 8.18. The number of thioether (sulfide) groups is 1. The van der Waals surface area contributed by atoms with Crippen LogP contribution in [0.5, 0.6) is 0 Å². The highest BCUT2D eigenvalue weighted by Gasteiger charge is 2.07. The lowest BCUT2D eigenvalue weighted by atomic mass is 10.2. The number of rotatable bonds is 8. The van der Waals surface area contributed by atoms with E-state index in [-0.39, 0.29) is 12.4 Å². The van der Waals surface area contributed by atoms with Crippen molar-refractivity contribution in [3.8, 4) is 5.69 Å². The van der Waals surface area contributed by atoms with Crippen molar-refractivity contribution >= 4 is 30.2 Å². The quantitative estimate of drug-likeness (QED) is 0.484. The molecule has 0 saturated carbocycles. The maximum atomic E-state index is 4.09. The van der Waals surface area contributed by atoms with Crippen molar-refractivity contribution in [3.63, 3.8) is 0 Å². The highest BCUT2D eigenvalue weighted by Crippen LogP contribution is 2.17. The first-order valence-corrected chi connectivity index (χ1v) is 8.81. The van der Waals surface area contributed by atoms with Gasteiger partial charge in [0.2, 0.25) is 5.16 Å². The second-order valence-corrected chi connectivity index (χ2v) is 6.14. The third-order valence-corrected chi connectivity index (χ3v) is 4.24. The lowest BCUT2D eigenvalue weighted by Gasteiger charge is -2.04. The van der Waals surface area contributed by atoms with Crippen LogP contribution in [0.1, 0.15) is 5.56 Å². The minimum absolute atomic E-state index is 0. The van der Waals surface area contributed by atoms with Gasteiger partial charge in [0.25, 0.3) is 0 Å². The number of nitrogens with zero attached hydrogens (tertiary/aromatic N) is 4. The van der Waals surface area contributed by atoms with Crippen LogP contribution in [0.4, 0.5) is 0 Å². The summed E-state index contributed by atoms with van der Waals surface area (Å²) in [4.78, 5) is 0. The minimum atomic E-state index is 0. The Balaban J connectivity index is 0.00000225. The summed E-state index contributed by atoms with van der Waals surface area (Å²) in [5, 5.41) is 16.1. The largest absolute Gasteiger partial charge is 0.312 e. The number of tetrazole rings is 1. The first-order chi connectivity index (χ1) is 11.9. The van der Waals surface area contributed by atoms with E-state index in [0.29, 0.717) is 0 Å². The predicted octanol–water partition coefficient (Wildman–Crippen LogP) is 3.48. The van der Waals surface area contributed by atoms with E-state index in [1.165, 1.54) is 5.56 Å². The fraction of sp³-hybridized carbons (Fsp3) is 0.167. The molecule has 3 aromatic rings. The van der Waals surface area contributed by atoms with E-state index in [1.807, 2.05) is 48.5 Å². The van der Waals surface area contributed by atoms with Crippen LogP contribution >= 0.6 is 24.2 Å². The average molecular weight is 374 g/mol. The molecule has 0 radical (unpaired) electrons. The first-order valence-electron chi connectivity index (χ1n) is 7.82. The Hall–Kier alpha value is -2.15. The fourth-order valence-corrected chi connectivity index (χ4v) is 2.95. The van der Waals surface area contributed by atoms with Gasteiger partial charge in [-0.1, -0.05) is 72.4 Å². The van der Waals surface area contributed by atoms with Crippen molar-refractivity contribution in [1.29, 1.82) is 0 Å². The average Bonchev–Trinajstić information content (AvgIpc) is 3.11. The molecule has 0 amide bonds. The van der Waals surface area contributed by atoms with Crippen LogP contribution in [-0.2, 0) is 0 Å². The molecule has 0 atom stereocenters. The Morgan fingerprint density at radius 3 is 2.48 bits per heavy atom. The molecule has 0 bridgehead atoms. The summed E-state index contributed by atoms with van der Waals surface area (Å²) in [5.41, 5.74) is 2.19. The van der Waals surface area contributed by atoms with E-state index >= 15 is 0 Å². The van der Waals surface area contributed by atoms with Gasteiger partial charge in [-0.3, -0.25) is 0 Å². The number of hydrogen-bond acceptors (Lipinski definition) is 5. The molecule has 0 unspecified atom stereocenters. The molecule has 25 heavy (non-hydrogen) atoms. The van der Waals surface area contributed by atoms with Gasteiger partial charge in [0.15, 0.2) is 0 Å². The Bertz CT molecular complexity index is 761. The zero-order valence-corrected chi connectivity index (χ0v) is 15.3. The summed E-state index contributed by atoms with van der Waals surface area (Å²) < 4.78 is 1.76. The molecular formula is C18H20ClN5S. The van der Waals surface area contributed by atoms with Gasteiger partial charge in [-0.05, 0) is 28.1 Å². The van der Waals surface area contributed by atoms with Crippen molar-refractivity contribution in [1.82, 2.24) is 25.5 Å². The number of nitrogens with one attached hydrogen (secondary N) is 1. The number of para-hydroxylation sites is 1. The number of aromatic nitrogens is 4. The zero-order valence-electron chi connectivity index (χ0n) is 13.7. The topological polar surface area (TPSA) is 55.6 Å². The Morgan fingerprint density at radius 1 is 1.00 bits per heavy atom. The molecule has 130 valence electrons. The summed E-state index contributed by atoms with van der Waals surface area (Å²) in [6.07, 6.45) is 4.25. The molecule has 0 aliphatic heterocycles. The number of halogens is 1. The minimum Gasteiger partial charge on any atom is -0.312 e. The summed E-state index contributed by atoms with van der Waals surface area (Å²) in [6.45, 7) is 1.74. The smallest absolute Gasteiger partial charge is 0.214 e. The van der Waals surface area contributed by atoms with Gasteiger partial charge in [0, 0.05) is 18.8 Å². The standard InChI is InChI=1S/C18H19N5S.ClH/c1-3-8-16(9-4-1)10-7-13-19-14-15-24-18-20-21-22-23(18)17-11-5-2-6-12-17;/h1-12,19H,13-15H2;1H/b10-7+;. The lowest BCUT2D eigenvalue weighted by Crippen LogP contribution is -2.17. The van der Waals surface area contributed by atoms with Gasteiger partial charge in [0.05, 0.1) is 5.69 Å². The highest BCUT2D eigenvalue weighted by molar-refractivity contribution is 7.99. The van der Waals surface area contributed by atoms with Gasteiger partial charge < -0.3 is 5.32 Å². The van der Waals surface area contributed by atoms with E-state index in [9.17, 15) is 0 Å². The van der Waals surface area contributed by atoms with Crippen LogP contribution in [0.25, 0.3) is 11.8 Å². The van der Waals surface area contributed by atoms with Crippen LogP contribution in [0.15, 0.2) is 71.9 Å². The van der Waals surface area contributed by atoms with Crippen LogP contribution < -0.4 is 5.32 Å². The maximum absolute atomic E-state index is 4.09. The van der Waals surface area contributed by atoms with Crippen molar-refractivity contribution < 1.29 is 0 Å². The lowest BCUT2D eigenvalue weighted by molar-refractivity contribution is 0.754. The molecule has 3 rings (SSSR count). The van der Waals surface area contributed by atoms with E-state index in [1.54, 1.807) is 16.4 Å². The molecule has 1 heterocycles. The predicted molar refractivity (Wildman–Crippen MR) is 105 cm³/mol. The molecule has 7 heteroatoms. The maximum Gasteiger partial charge on any atom is 0.214 e. The summed E-state index contributed by atoms with van der Waals surface area (Å²) in [5.74, 6) is 0.909. The molecule has 0 aliphatic rings. The van der Waals surface area contributed by atoms with Gasteiger partial charge in [-0.2, -0.15) is 4.68 Å². The van der Waals surface area contributed by atoms with Crippen LogP contribution in [0.2, 0.25) is 0 Å². The van der Waals surface area contributed by atoms with E-state index in [2.05, 4.69) is 45.1 Å². The van der Waals surface area contributed by atoms with E-state index in [4.69, 9.17) is 0 Å². The summed E-state index contributed by atoms with van der Waals surface area (Å²) >= 11 is 1.64. The van der Waals surface area contributed by atoms with Gasteiger partial charge >= 0.3 is 0 Å². The van der Waals surface area contributed by atoms with Crippen LogP contribution in [-0.4, -0.2) is 39.0 Å². The van der Waals surface area contributed by atoms with Gasteiger partial charge in [-0.25, -0.2) is 0 Å². The van der Waals surface area contributed by atoms with E-state index < -0.39 is 0 Å². The first kappa shape index (κ1) is 19.2. The van der Waals surface area contributed by atoms with Crippen molar-refractivity contribution in [2.75, 3.05) is 18.8 Å². The zero-order chi connectivity index (χ0) is 16.5. The monoisotopic (exact) mass is 373 g/mol. The molecule has 0 saturated heterocycles. The molecular weight excluding hydrogens is 354 g/mol. The molecule has 0 aliphatic carbocycles. The Morgan fingerprint density at radius 2 is 1.72 bits per heavy atom. The third kappa shape index (κ3) is 6.01. The number of hydrogen-bond donors (Lipinski definition) is 1. The Labute approximate surface area is 157 Å². The highest BCUT2D eigenvalue weighted by atomic mass is 35.5. The molecule has 1 aromatic heterocycles. The fourth-order valence-electron chi connectivity index (χ4n) is 2.16. The molecule has 0 fully saturated rings. The van der Waals surface area contributed by atoms with Crippen LogP contribution in [0, 0.1) is 0 Å². The third-order valence-electron chi connectivity index (χ3n) is 3.32. The second-order valence-electron chi connectivity index (χ2n) is 5.07. The van der Waals surface area contributed by atoms with Crippen molar-refractivity contribution in [3.05, 3.63) is 72.3 Å². The normalized spacial score (nSPS) is 10.7. The SMILES string of the molecule is C(=C\c1ccccc1)/CNCCSc1nnnn1-c1ccccc1.Cl. The van der Waals surface area contributed by atoms with Crippen molar-refractivity contribution in [2.24, 2.45) is 0 Å². The van der Waals surface area contributed by atoms with Gasteiger partial charge in [0.1, 0.15) is 0 Å². The summed E-state index contributed by atoms with van der Waals surface area (Å²) in [6, 6.07) is 20.2. The molecule has 5 nitrogen and oxygen atoms in total. The molecule has 1 N–H and O–H groups in total. The van der Waals surface area contributed by atoms with Crippen LogP contribution in [0.3, 0.4) is 0 Å². The van der Waals surface area contributed by atoms with Crippen molar-refractivity contribution in [2.45, 2.75) is 5.16 Å².